The number of aromatic nitrogens is 2. The van der Waals surface area contributed by atoms with Gasteiger partial charge in [-0.15, -0.1) is 0 Å². The van der Waals surface area contributed by atoms with E-state index in [1.54, 1.807) is 0 Å². The van der Waals surface area contributed by atoms with Crippen LogP contribution in [0.25, 0.3) is 61.5 Å². The average Bonchev–Trinajstić information content (AvgIpc) is 3.35. The fourth-order valence-electron chi connectivity index (χ4n) is 5.73. The first-order valence-electron chi connectivity index (χ1n) is 13.5. The highest BCUT2D eigenvalue weighted by Crippen LogP contribution is 2.47. The van der Waals surface area contributed by atoms with Crippen molar-refractivity contribution in [3.8, 4) is 62.0 Å². The van der Waals surface area contributed by atoms with Gasteiger partial charge >= 0.3 is 0 Å². The van der Waals surface area contributed by atoms with Crippen LogP contribution in [0.3, 0.4) is 0 Å². The molecule has 1 aromatic heterocycles. The van der Waals surface area contributed by atoms with Crippen molar-refractivity contribution >= 4 is 11.0 Å². The molecule has 0 atom stereocenters. The van der Waals surface area contributed by atoms with Gasteiger partial charge in [0, 0.05) is 22.4 Å². The van der Waals surface area contributed by atoms with E-state index in [-0.39, 0.29) is 0 Å². The second-order valence-corrected chi connectivity index (χ2v) is 10.0. The molecule has 188 valence electrons. The highest BCUT2D eigenvalue weighted by Gasteiger charge is 2.21. The smallest absolute Gasteiger partial charge is 0.145 e. The van der Waals surface area contributed by atoms with Gasteiger partial charge in [0.2, 0.25) is 0 Å². The molecule has 1 aliphatic rings. The lowest BCUT2D eigenvalue weighted by Gasteiger charge is -2.13. The Morgan fingerprint density at radius 2 is 1.07 bits per heavy atom. The Hall–Kier alpha value is -5.41. The van der Waals surface area contributed by atoms with Crippen LogP contribution in [0.4, 0.5) is 0 Å². The second-order valence-electron chi connectivity index (χ2n) is 10.0. The van der Waals surface area contributed by atoms with Gasteiger partial charge in [0.05, 0.1) is 11.0 Å². The van der Waals surface area contributed by atoms with Crippen molar-refractivity contribution in [3.05, 3.63) is 146 Å². The molecule has 0 fully saturated rings. The van der Waals surface area contributed by atoms with Crippen molar-refractivity contribution in [1.82, 2.24) is 9.55 Å². The maximum atomic E-state index is 6.43. The predicted octanol–water partition coefficient (Wildman–Crippen LogP) is 9.80. The number of fused-ring (bicyclic) bond motifs is 6. The molecule has 0 spiro atoms. The summed E-state index contributed by atoms with van der Waals surface area (Å²) in [5.74, 6) is 2.69. The molecule has 7 aromatic rings. The molecule has 0 radical (unpaired) electrons. The van der Waals surface area contributed by atoms with Crippen LogP contribution in [0.1, 0.15) is 0 Å². The SMILES string of the molecule is c1ccc(-c2nc3ccccc3n2-c2ccc(-c3ccc4c(c3)-c3ccccc3-c3ccccc3O4)cc2)cc1. The molecule has 0 unspecified atom stereocenters. The van der Waals surface area contributed by atoms with Crippen molar-refractivity contribution in [1.29, 1.82) is 0 Å². The Balaban J connectivity index is 1.23. The van der Waals surface area contributed by atoms with Crippen molar-refractivity contribution in [2.24, 2.45) is 0 Å². The number of hydrogen-bond acceptors (Lipinski definition) is 2. The van der Waals surface area contributed by atoms with Crippen LogP contribution in [-0.4, -0.2) is 9.55 Å². The number of para-hydroxylation sites is 3. The van der Waals surface area contributed by atoms with Gasteiger partial charge in [0.25, 0.3) is 0 Å². The summed E-state index contributed by atoms with van der Waals surface area (Å²) in [5.41, 5.74) is 11.1. The number of ether oxygens (including phenoxy) is 1. The molecule has 3 nitrogen and oxygen atoms in total. The van der Waals surface area contributed by atoms with E-state index < -0.39 is 0 Å². The van der Waals surface area contributed by atoms with Crippen LogP contribution in [0.5, 0.6) is 11.5 Å². The van der Waals surface area contributed by atoms with Gasteiger partial charge in [-0.2, -0.15) is 0 Å². The van der Waals surface area contributed by atoms with E-state index in [1.807, 2.05) is 24.3 Å². The maximum absolute atomic E-state index is 6.43. The Bertz CT molecular complexity index is 2020. The quantitative estimate of drug-likeness (QED) is 0.236. The molecule has 2 heterocycles. The van der Waals surface area contributed by atoms with Gasteiger partial charge in [-0.3, -0.25) is 4.57 Å². The fraction of sp³-hybridized carbons (Fsp3) is 0. The lowest BCUT2D eigenvalue weighted by atomic mass is 9.92. The lowest BCUT2D eigenvalue weighted by Crippen LogP contribution is -1.97. The number of rotatable bonds is 3. The van der Waals surface area contributed by atoms with Crippen LogP contribution in [0.15, 0.2) is 146 Å². The van der Waals surface area contributed by atoms with Gasteiger partial charge < -0.3 is 4.74 Å². The molecule has 40 heavy (non-hydrogen) atoms. The first-order valence-corrected chi connectivity index (χ1v) is 13.5. The third-order valence-corrected chi connectivity index (χ3v) is 7.65. The van der Waals surface area contributed by atoms with Crippen molar-refractivity contribution in [2.75, 3.05) is 0 Å². The average molecular weight is 513 g/mol. The molecule has 8 rings (SSSR count). The zero-order chi connectivity index (χ0) is 26.5. The molecule has 0 bridgehead atoms. The molecule has 0 N–H and O–H groups in total. The van der Waals surface area contributed by atoms with E-state index in [1.165, 1.54) is 11.1 Å². The zero-order valence-corrected chi connectivity index (χ0v) is 21.7. The van der Waals surface area contributed by atoms with E-state index in [4.69, 9.17) is 9.72 Å². The minimum atomic E-state index is 0.871. The molecule has 1 aliphatic heterocycles. The summed E-state index contributed by atoms with van der Waals surface area (Å²) >= 11 is 0. The van der Waals surface area contributed by atoms with Crippen LogP contribution in [-0.2, 0) is 0 Å². The van der Waals surface area contributed by atoms with Crippen LogP contribution < -0.4 is 4.74 Å². The molecule has 0 amide bonds. The first-order chi connectivity index (χ1) is 19.8. The van der Waals surface area contributed by atoms with Gasteiger partial charge in [0.15, 0.2) is 0 Å². The molecule has 0 saturated carbocycles. The largest absolute Gasteiger partial charge is 0.456 e. The highest BCUT2D eigenvalue weighted by molar-refractivity contribution is 5.92. The Labute approximate surface area is 232 Å². The maximum Gasteiger partial charge on any atom is 0.145 e. The van der Waals surface area contributed by atoms with Gasteiger partial charge in [-0.25, -0.2) is 4.98 Å². The third-order valence-electron chi connectivity index (χ3n) is 7.65. The molecule has 6 aromatic carbocycles. The van der Waals surface area contributed by atoms with Crippen molar-refractivity contribution in [3.63, 3.8) is 0 Å². The summed E-state index contributed by atoms with van der Waals surface area (Å²) in [4.78, 5) is 4.98. The Morgan fingerprint density at radius 1 is 0.450 bits per heavy atom. The molecular formula is C37H24N2O. The molecular weight excluding hydrogens is 488 g/mol. The lowest BCUT2D eigenvalue weighted by molar-refractivity contribution is 0.488. The fourth-order valence-corrected chi connectivity index (χ4v) is 5.73. The van der Waals surface area contributed by atoms with Crippen molar-refractivity contribution in [2.45, 2.75) is 0 Å². The third kappa shape index (κ3) is 3.63. The topological polar surface area (TPSA) is 27.1 Å². The van der Waals surface area contributed by atoms with Gasteiger partial charge in [-0.05, 0) is 64.7 Å². The summed E-state index contributed by atoms with van der Waals surface area (Å²) < 4.78 is 8.67. The second kappa shape index (κ2) is 9.11. The van der Waals surface area contributed by atoms with E-state index in [0.717, 1.165) is 61.9 Å². The van der Waals surface area contributed by atoms with E-state index in [2.05, 4.69) is 126 Å². The van der Waals surface area contributed by atoms with E-state index >= 15 is 0 Å². The van der Waals surface area contributed by atoms with Crippen LogP contribution >= 0.6 is 0 Å². The molecule has 3 heteroatoms. The van der Waals surface area contributed by atoms with Crippen LogP contribution in [0, 0.1) is 0 Å². The first kappa shape index (κ1) is 22.6. The predicted molar refractivity (Wildman–Crippen MR) is 163 cm³/mol. The summed E-state index contributed by atoms with van der Waals surface area (Å²) in [5, 5.41) is 0. The van der Waals surface area contributed by atoms with E-state index in [0.29, 0.717) is 0 Å². The summed E-state index contributed by atoms with van der Waals surface area (Å²) in [6.07, 6.45) is 0. The minimum Gasteiger partial charge on any atom is -0.456 e. The van der Waals surface area contributed by atoms with Gasteiger partial charge in [0.1, 0.15) is 17.3 Å². The van der Waals surface area contributed by atoms with Crippen molar-refractivity contribution < 1.29 is 4.74 Å². The van der Waals surface area contributed by atoms with E-state index in [9.17, 15) is 0 Å². The number of benzene rings is 6. The van der Waals surface area contributed by atoms with Crippen LogP contribution in [0.2, 0.25) is 0 Å². The Kier molecular flexibility index (Phi) is 5.14. The summed E-state index contributed by atoms with van der Waals surface area (Å²) in [7, 11) is 0. The van der Waals surface area contributed by atoms with Gasteiger partial charge in [-0.1, -0.05) is 103 Å². The summed E-state index contributed by atoms with van der Waals surface area (Å²) in [6.45, 7) is 0. The number of hydrogen-bond donors (Lipinski definition) is 0. The highest BCUT2D eigenvalue weighted by atomic mass is 16.5. The monoisotopic (exact) mass is 512 g/mol. The Morgan fingerprint density at radius 3 is 1.90 bits per heavy atom. The number of nitrogens with zero attached hydrogens (tertiary/aromatic N) is 2. The summed E-state index contributed by atoms with van der Waals surface area (Å²) in [6, 6.07) is 50.7. The molecule has 0 saturated heterocycles. The number of imidazole rings is 1. The molecule has 0 aliphatic carbocycles. The minimum absolute atomic E-state index is 0.871. The standard InChI is InChI=1S/C37H24N2O/c1-2-10-26(11-3-1)37-38-33-15-7-8-16-34(33)39(37)28-21-18-25(19-22-28)27-20-23-36-32(24-27)30-13-5-4-12-29(30)31-14-6-9-17-35(31)40-36/h1-24H. The zero-order valence-electron chi connectivity index (χ0n) is 21.7. The normalized spacial score (nSPS) is 11.7.